The summed E-state index contributed by atoms with van der Waals surface area (Å²) in [4.78, 5) is 23.8. The maximum absolute atomic E-state index is 12.9. The van der Waals surface area contributed by atoms with Crippen LogP contribution in [-0.2, 0) is 7.05 Å². The molecule has 130 valence electrons. The van der Waals surface area contributed by atoms with Gasteiger partial charge in [0.15, 0.2) is 5.82 Å². The zero-order chi connectivity index (χ0) is 18.4. The second kappa shape index (κ2) is 6.11. The summed E-state index contributed by atoms with van der Waals surface area (Å²) in [5.74, 6) is 0.373. The standard InChI is InChI=1S/C20H17ClN4O/c1-24(2)20(26)17-16-14-10-9-13(21)11-15(14)25(3)19(16)23-18(22-17)12-7-5-4-6-8-12/h4-11H,1-3H3. The number of aromatic nitrogens is 3. The first-order valence-electron chi connectivity index (χ1n) is 8.20. The highest BCUT2D eigenvalue weighted by Crippen LogP contribution is 2.32. The number of benzene rings is 2. The highest BCUT2D eigenvalue weighted by atomic mass is 35.5. The van der Waals surface area contributed by atoms with Crippen LogP contribution in [0.25, 0.3) is 33.3 Å². The number of hydrogen-bond acceptors (Lipinski definition) is 3. The van der Waals surface area contributed by atoms with Gasteiger partial charge in [-0.25, -0.2) is 9.97 Å². The molecule has 0 aliphatic heterocycles. The van der Waals surface area contributed by atoms with Gasteiger partial charge in [0.25, 0.3) is 5.91 Å². The molecule has 26 heavy (non-hydrogen) atoms. The molecule has 2 aromatic heterocycles. The molecule has 0 aliphatic rings. The number of nitrogens with zero attached hydrogens (tertiary/aromatic N) is 4. The van der Waals surface area contributed by atoms with E-state index in [0.29, 0.717) is 22.2 Å². The Morgan fingerprint density at radius 1 is 1.08 bits per heavy atom. The van der Waals surface area contributed by atoms with Gasteiger partial charge in [0.1, 0.15) is 11.3 Å². The van der Waals surface area contributed by atoms with Gasteiger partial charge in [-0.1, -0.05) is 48.0 Å². The third-order valence-corrected chi connectivity index (χ3v) is 4.67. The third-order valence-electron chi connectivity index (χ3n) is 4.44. The average Bonchev–Trinajstić information content (AvgIpc) is 2.93. The summed E-state index contributed by atoms with van der Waals surface area (Å²) in [6, 6.07) is 15.3. The molecule has 1 amide bonds. The Morgan fingerprint density at radius 3 is 2.50 bits per heavy atom. The molecule has 2 aromatic carbocycles. The van der Waals surface area contributed by atoms with Crippen molar-refractivity contribution in [2.45, 2.75) is 0 Å². The molecule has 0 radical (unpaired) electrons. The summed E-state index contributed by atoms with van der Waals surface area (Å²) in [6.07, 6.45) is 0. The number of rotatable bonds is 2. The van der Waals surface area contributed by atoms with Crippen molar-refractivity contribution in [3.63, 3.8) is 0 Å². The lowest BCUT2D eigenvalue weighted by atomic mass is 10.1. The van der Waals surface area contributed by atoms with Crippen molar-refractivity contribution in [2.24, 2.45) is 7.05 Å². The van der Waals surface area contributed by atoms with Crippen molar-refractivity contribution in [2.75, 3.05) is 14.1 Å². The van der Waals surface area contributed by atoms with Crippen molar-refractivity contribution in [1.82, 2.24) is 19.4 Å². The molecule has 6 heteroatoms. The van der Waals surface area contributed by atoms with E-state index in [4.69, 9.17) is 16.6 Å². The number of halogens is 1. The minimum Gasteiger partial charge on any atom is -0.343 e. The van der Waals surface area contributed by atoms with Gasteiger partial charge in [-0.2, -0.15) is 0 Å². The summed E-state index contributed by atoms with van der Waals surface area (Å²) < 4.78 is 1.96. The Morgan fingerprint density at radius 2 is 1.81 bits per heavy atom. The molecule has 2 heterocycles. The molecule has 0 aliphatic carbocycles. The molecule has 0 saturated carbocycles. The molecule has 4 rings (SSSR count). The largest absolute Gasteiger partial charge is 0.343 e. The van der Waals surface area contributed by atoms with Gasteiger partial charge in [0.05, 0.1) is 10.9 Å². The Labute approximate surface area is 155 Å². The van der Waals surface area contributed by atoms with E-state index in [1.54, 1.807) is 14.1 Å². The fourth-order valence-corrected chi connectivity index (χ4v) is 3.30. The van der Waals surface area contributed by atoms with Crippen molar-refractivity contribution in [3.05, 3.63) is 59.2 Å². The van der Waals surface area contributed by atoms with Crippen LogP contribution in [0.15, 0.2) is 48.5 Å². The number of hydrogen-bond donors (Lipinski definition) is 0. The Hall–Kier alpha value is -2.92. The summed E-state index contributed by atoms with van der Waals surface area (Å²) in [5, 5.41) is 2.30. The minimum absolute atomic E-state index is 0.156. The molecule has 0 unspecified atom stereocenters. The van der Waals surface area contributed by atoms with Crippen molar-refractivity contribution in [3.8, 4) is 11.4 Å². The van der Waals surface area contributed by atoms with Gasteiger partial charge in [-0.05, 0) is 12.1 Å². The predicted octanol–water partition coefficient (Wildman–Crippen LogP) is 4.14. The van der Waals surface area contributed by atoms with Gasteiger partial charge in [0.2, 0.25) is 0 Å². The Kier molecular flexibility index (Phi) is 3.89. The Bertz CT molecular complexity index is 1150. The number of aryl methyl sites for hydroxylation is 1. The van der Waals surface area contributed by atoms with Crippen molar-refractivity contribution in [1.29, 1.82) is 0 Å². The van der Waals surface area contributed by atoms with Crippen molar-refractivity contribution >= 4 is 39.4 Å². The van der Waals surface area contributed by atoms with Crippen LogP contribution in [0.1, 0.15) is 10.5 Å². The quantitative estimate of drug-likeness (QED) is 0.537. The summed E-state index contributed by atoms with van der Waals surface area (Å²) in [6.45, 7) is 0. The van der Waals surface area contributed by atoms with E-state index in [0.717, 1.165) is 21.9 Å². The lowest BCUT2D eigenvalue weighted by Crippen LogP contribution is -2.23. The van der Waals surface area contributed by atoms with Crippen molar-refractivity contribution < 1.29 is 4.79 Å². The molecular weight excluding hydrogens is 348 g/mol. The van der Waals surface area contributed by atoms with Crippen LogP contribution in [-0.4, -0.2) is 39.4 Å². The van der Waals surface area contributed by atoms with Crippen LogP contribution in [0.2, 0.25) is 5.02 Å². The number of carbonyl (C=O) groups excluding carboxylic acids is 1. The lowest BCUT2D eigenvalue weighted by Gasteiger charge is -2.12. The van der Waals surface area contributed by atoms with Gasteiger partial charge < -0.3 is 9.47 Å². The third kappa shape index (κ3) is 2.52. The first-order valence-corrected chi connectivity index (χ1v) is 8.58. The van der Waals surface area contributed by atoms with Gasteiger partial charge in [-0.15, -0.1) is 0 Å². The summed E-state index contributed by atoms with van der Waals surface area (Å²) in [7, 11) is 5.37. The second-order valence-corrected chi connectivity index (χ2v) is 6.82. The van der Waals surface area contributed by atoms with E-state index in [1.165, 1.54) is 4.90 Å². The van der Waals surface area contributed by atoms with E-state index < -0.39 is 0 Å². The Balaban J connectivity index is 2.14. The molecule has 5 nitrogen and oxygen atoms in total. The monoisotopic (exact) mass is 364 g/mol. The molecule has 0 atom stereocenters. The molecule has 0 bridgehead atoms. The van der Waals surface area contributed by atoms with Crippen LogP contribution in [0.4, 0.5) is 0 Å². The minimum atomic E-state index is -0.156. The van der Waals surface area contributed by atoms with Crippen LogP contribution in [0.3, 0.4) is 0 Å². The topological polar surface area (TPSA) is 51.0 Å². The molecule has 0 saturated heterocycles. The molecule has 0 N–H and O–H groups in total. The smallest absolute Gasteiger partial charge is 0.272 e. The first-order chi connectivity index (χ1) is 12.5. The molecule has 4 aromatic rings. The molecule has 0 fully saturated rings. The van der Waals surface area contributed by atoms with E-state index in [2.05, 4.69) is 4.98 Å². The second-order valence-electron chi connectivity index (χ2n) is 6.38. The van der Waals surface area contributed by atoms with Crippen LogP contribution in [0.5, 0.6) is 0 Å². The van der Waals surface area contributed by atoms with E-state index in [9.17, 15) is 4.79 Å². The van der Waals surface area contributed by atoms with Crippen LogP contribution in [0, 0.1) is 0 Å². The fraction of sp³-hybridized carbons (Fsp3) is 0.150. The van der Waals surface area contributed by atoms with Crippen LogP contribution >= 0.6 is 11.6 Å². The average molecular weight is 365 g/mol. The maximum Gasteiger partial charge on any atom is 0.272 e. The van der Waals surface area contributed by atoms with E-state index in [-0.39, 0.29) is 5.91 Å². The lowest BCUT2D eigenvalue weighted by molar-refractivity contribution is 0.0824. The number of carbonyl (C=O) groups is 1. The maximum atomic E-state index is 12.9. The van der Waals surface area contributed by atoms with Gasteiger partial charge >= 0.3 is 0 Å². The highest BCUT2D eigenvalue weighted by molar-refractivity contribution is 6.31. The van der Waals surface area contributed by atoms with Crippen LogP contribution < -0.4 is 0 Å². The fourth-order valence-electron chi connectivity index (χ4n) is 3.13. The van der Waals surface area contributed by atoms with E-state index >= 15 is 0 Å². The summed E-state index contributed by atoms with van der Waals surface area (Å²) in [5.41, 5.74) is 2.89. The predicted molar refractivity (Wildman–Crippen MR) is 104 cm³/mol. The first kappa shape index (κ1) is 16.5. The number of fused-ring (bicyclic) bond motifs is 3. The van der Waals surface area contributed by atoms with Gasteiger partial charge in [-0.3, -0.25) is 4.79 Å². The summed E-state index contributed by atoms with van der Waals surface area (Å²) >= 11 is 6.17. The van der Waals surface area contributed by atoms with E-state index in [1.807, 2.05) is 60.1 Å². The zero-order valence-corrected chi connectivity index (χ0v) is 15.4. The molecule has 0 spiro atoms. The highest BCUT2D eigenvalue weighted by Gasteiger charge is 2.22. The SMILES string of the molecule is CN(C)C(=O)c1nc(-c2ccccc2)nc2c1c1ccc(Cl)cc1n2C. The number of amides is 1. The molecular formula is C20H17ClN4O. The van der Waals surface area contributed by atoms with Gasteiger partial charge in [0, 0.05) is 37.1 Å². The zero-order valence-electron chi connectivity index (χ0n) is 14.7. The normalized spacial score (nSPS) is 11.2.